The van der Waals surface area contributed by atoms with E-state index < -0.39 is 6.04 Å². The molecule has 0 N–H and O–H groups in total. The molecule has 0 saturated carbocycles. The number of nitro groups is 1. The van der Waals surface area contributed by atoms with Crippen molar-refractivity contribution in [3.05, 3.63) is 73.2 Å². The van der Waals surface area contributed by atoms with E-state index in [9.17, 15) is 19.3 Å². The average molecular weight is 403 g/mol. The van der Waals surface area contributed by atoms with Gasteiger partial charge in [-0.2, -0.15) is 0 Å². The van der Waals surface area contributed by atoms with Crippen LogP contribution in [-0.4, -0.2) is 27.6 Å². The van der Waals surface area contributed by atoms with Crippen LogP contribution in [0.15, 0.2) is 29.1 Å². The summed E-state index contributed by atoms with van der Waals surface area (Å²) >= 11 is 0. The van der Waals surface area contributed by atoms with Crippen molar-refractivity contribution < 1.29 is 14.1 Å². The summed E-state index contributed by atoms with van der Waals surface area (Å²) in [4.78, 5) is 27.8. The Balaban J connectivity index is 0.00000145. The van der Waals surface area contributed by atoms with Crippen LogP contribution in [0.4, 0.5) is 4.39 Å². The minimum absolute atomic E-state index is 0.245. The Bertz CT molecular complexity index is 969. The van der Waals surface area contributed by atoms with Crippen LogP contribution >= 0.6 is 0 Å². The molecule has 0 radical (unpaired) electrons. The summed E-state index contributed by atoms with van der Waals surface area (Å²) in [5, 5.41) is 11.0. The first-order valence-electron chi connectivity index (χ1n) is 9.63. The van der Waals surface area contributed by atoms with Crippen LogP contribution in [-0.2, 0) is 26.3 Å². The van der Waals surface area contributed by atoms with Crippen LogP contribution in [0.25, 0.3) is 6.08 Å². The van der Waals surface area contributed by atoms with Gasteiger partial charge in [-0.3, -0.25) is 19.5 Å². The van der Waals surface area contributed by atoms with Crippen molar-refractivity contribution in [3.63, 3.8) is 0 Å². The quantitative estimate of drug-likeness (QED) is 0.564. The van der Waals surface area contributed by atoms with Crippen LogP contribution in [0.2, 0.25) is 0 Å². The molecular weight excluding hydrogens is 377 g/mol. The van der Waals surface area contributed by atoms with Crippen LogP contribution in [0, 0.1) is 15.9 Å². The molecule has 1 aliphatic rings. The Morgan fingerprint density at radius 2 is 2.07 bits per heavy atom. The lowest BCUT2D eigenvalue weighted by atomic mass is 10.1. The van der Waals surface area contributed by atoms with Crippen molar-refractivity contribution in [3.8, 4) is 5.75 Å². The standard InChI is InChI=1S/C19H20FN3O4.C2H6/c1-22-18(10-4-12-3-7-14(27-2)11-16(12)20)21-17-9-6-13(23(25)26)5-8-15(17)19(22)24;1-2/h3,5,7-8,11,13H,4,6,9-10H2,1-2H3;1-2H3. The SMILES string of the molecule is CC.COc1ccc(CCc2nc3c(c(=O)n2C)C=CC([N+](=O)[O-])CC3)c(F)c1. The topological polar surface area (TPSA) is 87.3 Å². The largest absolute Gasteiger partial charge is 0.497 e. The number of methoxy groups -OCH3 is 1. The Morgan fingerprint density at radius 1 is 1.34 bits per heavy atom. The normalized spacial score (nSPS) is 15.0. The summed E-state index contributed by atoms with van der Waals surface area (Å²) in [7, 11) is 3.08. The van der Waals surface area contributed by atoms with E-state index in [0.29, 0.717) is 54.1 Å². The highest BCUT2D eigenvalue weighted by Gasteiger charge is 2.23. The van der Waals surface area contributed by atoms with E-state index in [1.165, 1.54) is 29.9 Å². The van der Waals surface area contributed by atoms with Gasteiger partial charge in [-0.15, -0.1) is 0 Å². The van der Waals surface area contributed by atoms with Crippen LogP contribution in [0.3, 0.4) is 0 Å². The third kappa shape index (κ3) is 5.07. The van der Waals surface area contributed by atoms with Gasteiger partial charge in [0.1, 0.15) is 17.4 Å². The first kappa shape index (κ1) is 22.3. The second kappa shape index (κ2) is 9.95. The van der Waals surface area contributed by atoms with Gasteiger partial charge in [0.2, 0.25) is 6.04 Å². The second-order valence-corrected chi connectivity index (χ2v) is 6.46. The predicted molar refractivity (Wildman–Crippen MR) is 109 cm³/mol. The van der Waals surface area contributed by atoms with Gasteiger partial charge >= 0.3 is 0 Å². The summed E-state index contributed by atoms with van der Waals surface area (Å²) in [5.74, 6) is 0.603. The van der Waals surface area contributed by atoms with E-state index in [4.69, 9.17) is 4.74 Å². The second-order valence-electron chi connectivity index (χ2n) is 6.46. The summed E-state index contributed by atoms with van der Waals surface area (Å²) in [6.45, 7) is 4.00. The zero-order valence-electron chi connectivity index (χ0n) is 17.1. The monoisotopic (exact) mass is 403 g/mol. The molecule has 1 heterocycles. The molecule has 0 saturated heterocycles. The fourth-order valence-electron chi connectivity index (χ4n) is 3.16. The van der Waals surface area contributed by atoms with Crippen LogP contribution in [0.1, 0.15) is 42.9 Å². The van der Waals surface area contributed by atoms with Gasteiger partial charge in [-0.1, -0.05) is 19.9 Å². The third-order valence-electron chi connectivity index (χ3n) is 4.81. The smallest absolute Gasteiger partial charge is 0.260 e. The maximum atomic E-state index is 14.1. The average Bonchev–Trinajstić information content (AvgIpc) is 2.94. The van der Waals surface area contributed by atoms with Crippen molar-refractivity contribution in [2.45, 2.75) is 45.6 Å². The lowest BCUT2D eigenvalue weighted by Crippen LogP contribution is -2.26. The molecule has 1 aromatic heterocycles. The molecule has 0 amide bonds. The Kier molecular flexibility index (Phi) is 7.64. The Hall–Kier alpha value is -3.03. The lowest BCUT2D eigenvalue weighted by Gasteiger charge is -2.12. The molecule has 1 aromatic carbocycles. The minimum Gasteiger partial charge on any atom is -0.497 e. The van der Waals surface area contributed by atoms with Gasteiger partial charge < -0.3 is 4.74 Å². The number of hydrogen-bond donors (Lipinski definition) is 0. The molecule has 0 bridgehead atoms. The van der Waals surface area contributed by atoms with Crippen molar-refractivity contribution in [1.29, 1.82) is 0 Å². The summed E-state index contributed by atoms with van der Waals surface area (Å²) in [5.41, 5.74) is 1.21. The first-order chi connectivity index (χ1) is 13.9. The fourth-order valence-corrected chi connectivity index (χ4v) is 3.16. The number of hydrogen-bond acceptors (Lipinski definition) is 5. The van der Waals surface area contributed by atoms with Crippen molar-refractivity contribution in [2.24, 2.45) is 7.05 Å². The maximum absolute atomic E-state index is 14.1. The minimum atomic E-state index is -0.819. The van der Waals surface area contributed by atoms with E-state index in [1.807, 2.05) is 13.8 Å². The number of aryl methyl sites for hydroxylation is 3. The van der Waals surface area contributed by atoms with Crippen LogP contribution < -0.4 is 10.3 Å². The highest BCUT2D eigenvalue weighted by Crippen LogP contribution is 2.19. The molecule has 1 unspecified atom stereocenters. The molecule has 0 spiro atoms. The van der Waals surface area contributed by atoms with Crippen molar-refractivity contribution in [2.75, 3.05) is 7.11 Å². The molecule has 1 atom stereocenters. The van der Waals surface area contributed by atoms with Crippen molar-refractivity contribution >= 4 is 6.08 Å². The number of ether oxygens (including phenoxy) is 1. The van der Waals surface area contributed by atoms with Crippen molar-refractivity contribution in [1.82, 2.24) is 9.55 Å². The molecule has 0 fully saturated rings. The first-order valence-corrected chi connectivity index (χ1v) is 9.63. The predicted octanol–water partition coefficient (Wildman–Crippen LogP) is 3.34. The van der Waals surface area contributed by atoms with Gasteiger partial charge in [0.25, 0.3) is 5.56 Å². The lowest BCUT2D eigenvalue weighted by molar-refractivity contribution is -0.509. The van der Waals surface area contributed by atoms with Gasteiger partial charge in [-0.05, 0) is 36.6 Å². The Labute approximate surface area is 169 Å². The van der Waals surface area contributed by atoms with Gasteiger partial charge in [0.15, 0.2) is 0 Å². The van der Waals surface area contributed by atoms with E-state index >= 15 is 0 Å². The van der Waals surface area contributed by atoms with Gasteiger partial charge in [0.05, 0.1) is 18.4 Å². The summed E-state index contributed by atoms with van der Waals surface area (Å²) in [6.07, 6.45) is 4.35. The van der Waals surface area contributed by atoms with Gasteiger partial charge in [-0.25, -0.2) is 9.37 Å². The maximum Gasteiger partial charge on any atom is 0.260 e. The number of halogens is 1. The molecule has 1 aliphatic carbocycles. The van der Waals surface area contributed by atoms with E-state index in [2.05, 4.69) is 4.98 Å². The molecule has 7 nitrogen and oxygen atoms in total. The van der Waals surface area contributed by atoms with Gasteiger partial charge in [0, 0.05) is 30.9 Å². The molecular formula is C21H26FN3O4. The van der Waals surface area contributed by atoms with E-state index in [0.717, 1.165) is 0 Å². The van der Waals surface area contributed by atoms with Crippen LogP contribution in [0.5, 0.6) is 5.75 Å². The zero-order chi connectivity index (χ0) is 21.6. The molecule has 29 heavy (non-hydrogen) atoms. The molecule has 2 aromatic rings. The third-order valence-corrected chi connectivity index (χ3v) is 4.81. The molecule has 0 aliphatic heterocycles. The molecule has 3 rings (SSSR count). The number of nitrogens with zero attached hydrogens (tertiary/aromatic N) is 3. The fraction of sp³-hybridized carbons (Fsp3) is 0.429. The number of fused-ring (bicyclic) bond motifs is 1. The Morgan fingerprint density at radius 3 is 2.69 bits per heavy atom. The number of aromatic nitrogens is 2. The number of rotatable bonds is 5. The highest BCUT2D eigenvalue weighted by molar-refractivity contribution is 5.52. The van der Waals surface area contributed by atoms with E-state index in [-0.39, 0.29) is 16.3 Å². The summed E-state index contributed by atoms with van der Waals surface area (Å²) < 4.78 is 20.5. The highest BCUT2D eigenvalue weighted by atomic mass is 19.1. The zero-order valence-corrected chi connectivity index (χ0v) is 17.1. The number of benzene rings is 1. The summed E-state index contributed by atoms with van der Waals surface area (Å²) in [6, 6.07) is 3.84. The molecule has 8 heteroatoms. The van der Waals surface area contributed by atoms with E-state index in [1.54, 1.807) is 19.2 Å². The molecule has 156 valence electrons.